The van der Waals surface area contributed by atoms with Crippen molar-refractivity contribution in [1.29, 1.82) is 0 Å². The summed E-state index contributed by atoms with van der Waals surface area (Å²) in [5.41, 5.74) is 3.13. The number of rotatable bonds is 5. The van der Waals surface area contributed by atoms with Gasteiger partial charge in [0.1, 0.15) is 0 Å². The molecule has 2 heteroatoms. The van der Waals surface area contributed by atoms with Crippen LogP contribution in [0.25, 0.3) is 0 Å². The van der Waals surface area contributed by atoms with Gasteiger partial charge in [0, 0.05) is 0 Å². The molecule has 122 valence electrons. The molecule has 0 N–H and O–H groups in total. The smallest absolute Gasteiger partial charge is 0.213 e. The van der Waals surface area contributed by atoms with Gasteiger partial charge in [0.15, 0.2) is 0 Å². The van der Waals surface area contributed by atoms with Crippen molar-refractivity contribution in [2.24, 2.45) is 0 Å². The van der Waals surface area contributed by atoms with Crippen LogP contribution < -0.4 is 29.5 Å². The van der Waals surface area contributed by atoms with Gasteiger partial charge in [0.05, 0.1) is 0 Å². The topological polar surface area (TPSA) is 0 Å². The minimum Gasteiger partial charge on any atom is -0.213 e. The summed E-state index contributed by atoms with van der Waals surface area (Å²) in [5, 5.41) is 2.83. The Morgan fingerprint density at radius 3 is 1.42 bits per heavy atom. The molecule has 0 nitrogen and oxygen atoms in total. The third-order valence-corrected chi connectivity index (χ3v) is 7.27. The van der Waals surface area contributed by atoms with Gasteiger partial charge in [-0.2, -0.15) is 12.1 Å². The van der Waals surface area contributed by atoms with Crippen molar-refractivity contribution in [3.63, 3.8) is 0 Å². The Hall–Kier alpha value is -1.96. The summed E-state index contributed by atoms with van der Waals surface area (Å²) in [6.07, 6.45) is 0. The molecule has 0 saturated heterocycles. The maximum absolute atomic E-state index is 2.28. The van der Waals surface area contributed by atoms with Crippen molar-refractivity contribution in [2.45, 2.75) is 5.66 Å². The van der Waals surface area contributed by atoms with Gasteiger partial charge in [-0.1, -0.05) is 91.0 Å². The molecule has 1 unspecified atom stereocenters. The number of benzene rings is 3. The van der Waals surface area contributed by atoms with Crippen LogP contribution in [0, 0.1) is 0 Å². The van der Waals surface area contributed by atoms with Crippen LogP contribution in [-0.2, 0) is 0 Å². The molecule has 26 heavy (non-hydrogen) atoms. The molecule has 0 spiro atoms. The standard InChI is InChI=1S/C24H20P.Li/c1-4-12-20(13-5-1)24(21-14-10-11-15-21)25(22-16-6-2-7-17-22)23-18-8-3-9-19-23;/h1-19,24H;/q-1;+1. The van der Waals surface area contributed by atoms with Gasteiger partial charge < -0.3 is 0 Å². The van der Waals surface area contributed by atoms with Gasteiger partial charge >= 0.3 is 18.9 Å². The number of hydrogen-bond acceptors (Lipinski definition) is 0. The van der Waals surface area contributed by atoms with Crippen molar-refractivity contribution < 1.29 is 18.9 Å². The largest absolute Gasteiger partial charge is 1.00 e. The zero-order valence-electron chi connectivity index (χ0n) is 15.0. The van der Waals surface area contributed by atoms with Crippen molar-refractivity contribution >= 4 is 18.5 Å². The minimum atomic E-state index is -0.541. The van der Waals surface area contributed by atoms with Gasteiger partial charge in [0.25, 0.3) is 0 Å². The van der Waals surface area contributed by atoms with Gasteiger partial charge in [-0.05, 0) is 29.8 Å². The molecule has 0 saturated carbocycles. The molecule has 4 aromatic carbocycles. The maximum Gasteiger partial charge on any atom is 1.00 e. The molecule has 0 aliphatic rings. The third-order valence-electron chi connectivity index (χ3n) is 4.45. The van der Waals surface area contributed by atoms with E-state index in [0.29, 0.717) is 5.66 Å². The Morgan fingerprint density at radius 2 is 0.962 bits per heavy atom. The van der Waals surface area contributed by atoms with E-state index in [9.17, 15) is 0 Å². The molecule has 0 aromatic heterocycles. The molecule has 0 fully saturated rings. The van der Waals surface area contributed by atoms with Crippen LogP contribution in [-0.4, -0.2) is 0 Å². The van der Waals surface area contributed by atoms with Crippen LogP contribution in [0.15, 0.2) is 115 Å². The van der Waals surface area contributed by atoms with E-state index in [1.54, 1.807) is 0 Å². The van der Waals surface area contributed by atoms with Crippen LogP contribution in [0.5, 0.6) is 0 Å². The molecule has 0 aliphatic heterocycles. The molecule has 0 aliphatic carbocycles. The Kier molecular flexibility index (Phi) is 6.60. The zero-order valence-corrected chi connectivity index (χ0v) is 15.9. The fraction of sp³-hybridized carbons (Fsp3) is 0.0417. The predicted molar refractivity (Wildman–Crippen MR) is 109 cm³/mol. The normalized spacial score (nSPS) is 11.7. The zero-order chi connectivity index (χ0) is 16.9. The Labute approximate surface area is 169 Å². The third kappa shape index (κ3) is 4.06. The summed E-state index contributed by atoms with van der Waals surface area (Å²) in [4.78, 5) is 0. The first-order chi connectivity index (χ1) is 12.4. The van der Waals surface area contributed by atoms with Crippen molar-refractivity contribution in [3.8, 4) is 0 Å². The van der Waals surface area contributed by atoms with E-state index in [2.05, 4.69) is 115 Å². The summed E-state index contributed by atoms with van der Waals surface area (Å²) in [6.45, 7) is 0. The van der Waals surface area contributed by atoms with Crippen LogP contribution in [0.1, 0.15) is 16.8 Å². The average molecular weight is 346 g/mol. The summed E-state index contributed by atoms with van der Waals surface area (Å²) in [6, 6.07) is 41.7. The van der Waals surface area contributed by atoms with Crippen LogP contribution in [0.3, 0.4) is 0 Å². The monoisotopic (exact) mass is 346 g/mol. The fourth-order valence-corrected chi connectivity index (χ4v) is 6.14. The second-order valence-electron chi connectivity index (χ2n) is 6.07. The first-order valence-corrected chi connectivity index (χ1v) is 10.0. The van der Waals surface area contributed by atoms with Crippen molar-refractivity contribution in [3.05, 3.63) is 126 Å². The maximum atomic E-state index is 2.28. The molecule has 0 radical (unpaired) electrons. The SMILES string of the molecule is [Li+].c1ccc(C([c-]2cccc2)P(c2ccccc2)c2ccccc2)cc1. The molecule has 4 aromatic rings. The quantitative estimate of drug-likeness (QED) is 0.296. The van der Waals surface area contributed by atoms with E-state index in [0.717, 1.165) is 0 Å². The number of hydrogen-bond donors (Lipinski definition) is 0. The molecule has 1 atom stereocenters. The van der Waals surface area contributed by atoms with Crippen LogP contribution in [0.4, 0.5) is 0 Å². The van der Waals surface area contributed by atoms with Crippen molar-refractivity contribution in [2.75, 3.05) is 0 Å². The van der Waals surface area contributed by atoms with E-state index in [-0.39, 0.29) is 18.9 Å². The van der Waals surface area contributed by atoms with Gasteiger partial charge in [-0.25, -0.2) is 12.1 Å². The predicted octanol–water partition coefficient (Wildman–Crippen LogP) is 2.63. The molecule has 4 rings (SSSR count). The van der Waals surface area contributed by atoms with E-state index in [1.807, 2.05) is 0 Å². The van der Waals surface area contributed by atoms with E-state index >= 15 is 0 Å². The van der Waals surface area contributed by atoms with Crippen LogP contribution >= 0.6 is 7.92 Å². The Bertz CT molecular complexity index is 847. The second-order valence-corrected chi connectivity index (χ2v) is 8.36. The first-order valence-electron chi connectivity index (χ1n) is 8.59. The average Bonchev–Trinajstić information content (AvgIpc) is 3.22. The van der Waals surface area contributed by atoms with E-state index < -0.39 is 7.92 Å². The summed E-state index contributed by atoms with van der Waals surface area (Å²) < 4.78 is 0. The molecule has 0 bridgehead atoms. The summed E-state index contributed by atoms with van der Waals surface area (Å²) in [5.74, 6) is 0. The second kappa shape index (κ2) is 9.11. The Morgan fingerprint density at radius 1 is 0.538 bits per heavy atom. The molecular weight excluding hydrogens is 326 g/mol. The van der Waals surface area contributed by atoms with Gasteiger partial charge in [-0.3, -0.25) is 0 Å². The Balaban J connectivity index is 0.00000196. The summed E-state index contributed by atoms with van der Waals surface area (Å²) >= 11 is 0. The fourth-order valence-electron chi connectivity index (χ4n) is 3.32. The van der Waals surface area contributed by atoms with Crippen LogP contribution in [0.2, 0.25) is 0 Å². The van der Waals surface area contributed by atoms with E-state index in [1.165, 1.54) is 21.7 Å². The molecule has 0 amide bonds. The van der Waals surface area contributed by atoms with E-state index in [4.69, 9.17) is 0 Å². The van der Waals surface area contributed by atoms with Gasteiger partial charge in [0.2, 0.25) is 0 Å². The summed E-state index contributed by atoms with van der Waals surface area (Å²) in [7, 11) is -0.541. The minimum absolute atomic E-state index is 0. The molecular formula is C24H20LiP. The van der Waals surface area contributed by atoms with Crippen molar-refractivity contribution in [1.82, 2.24) is 0 Å². The molecule has 0 heterocycles. The van der Waals surface area contributed by atoms with Gasteiger partial charge in [-0.15, -0.1) is 5.56 Å². The first kappa shape index (κ1) is 18.8.